The molecule has 4 nitrogen and oxygen atoms in total. The molecule has 1 aliphatic heterocycles. The van der Waals surface area contributed by atoms with Gasteiger partial charge in [0.15, 0.2) is 0 Å². The van der Waals surface area contributed by atoms with Gasteiger partial charge >= 0.3 is 6.18 Å². The predicted molar refractivity (Wildman–Crippen MR) is 147 cm³/mol. The van der Waals surface area contributed by atoms with Crippen LogP contribution in [-0.2, 0) is 6.18 Å². The second kappa shape index (κ2) is 16.7. The van der Waals surface area contributed by atoms with Crippen molar-refractivity contribution in [3.63, 3.8) is 0 Å². The highest BCUT2D eigenvalue weighted by atomic mass is 19.4. The molecular formula is C29H49F3N4. The molecule has 0 amide bonds. The van der Waals surface area contributed by atoms with Gasteiger partial charge in [-0.1, -0.05) is 71.6 Å². The van der Waals surface area contributed by atoms with E-state index in [1.807, 2.05) is 13.8 Å². The van der Waals surface area contributed by atoms with Gasteiger partial charge in [0.05, 0.1) is 5.56 Å². The number of allylic oxidation sites excluding steroid dienone is 1. The third-order valence-corrected chi connectivity index (χ3v) is 6.53. The summed E-state index contributed by atoms with van der Waals surface area (Å²) in [6, 6.07) is 6.07. The molecule has 4 rings (SSSR count). The summed E-state index contributed by atoms with van der Waals surface area (Å²) >= 11 is 0. The Bertz CT molecular complexity index is 811. The van der Waals surface area contributed by atoms with Crippen LogP contribution in [0.5, 0.6) is 0 Å². The Balaban J connectivity index is 0.000000634. The topological polar surface area (TPSA) is 62.4 Å². The van der Waals surface area contributed by atoms with E-state index >= 15 is 0 Å². The first kappa shape index (κ1) is 32.0. The van der Waals surface area contributed by atoms with E-state index in [-0.39, 0.29) is 5.56 Å². The number of hydrogen-bond donors (Lipinski definition) is 3. The number of hydrogen-bond acceptors (Lipinski definition) is 4. The average molecular weight is 511 g/mol. The van der Waals surface area contributed by atoms with Gasteiger partial charge in [0, 0.05) is 22.9 Å². The van der Waals surface area contributed by atoms with Gasteiger partial charge < -0.3 is 16.4 Å². The molecule has 1 fully saturated rings. The fraction of sp³-hybridized carbons (Fsp3) is 0.690. The number of nitrogens with zero attached hydrogens (tertiary/aromatic N) is 1. The molecule has 0 spiro atoms. The van der Waals surface area contributed by atoms with E-state index in [2.05, 4.69) is 37.1 Å². The fourth-order valence-corrected chi connectivity index (χ4v) is 4.46. The smallest absolute Gasteiger partial charge is 0.367 e. The molecule has 7 heteroatoms. The molecule has 3 aliphatic rings. The standard InChI is InChI=1S/C21H26F3N3.C5H12.C2H6.CH5N/c1-13(14-11-12-14)25-20-16-8-3-2-4-10-18(16)26-19(27-20)15-7-5-6-9-17(15)21(22,23)24;1-3-5-4-2;2*1-2/h5-7,9,13-14,19,26H,2-4,8,10-12H2,1H3,(H,25,27);3-5H2,1-2H3;1-2H3;2H2,1H3. The van der Waals surface area contributed by atoms with Crippen LogP contribution in [0.3, 0.4) is 0 Å². The maximum absolute atomic E-state index is 13.5. The molecule has 1 aromatic carbocycles. The van der Waals surface area contributed by atoms with E-state index in [1.165, 1.54) is 56.9 Å². The summed E-state index contributed by atoms with van der Waals surface area (Å²) in [4.78, 5) is 4.74. The summed E-state index contributed by atoms with van der Waals surface area (Å²) in [6.07, 6.45) is 6.52. The zero-order valence-corrected chi connectivity index (χ0v) is 23.3. The summed E-state index contributed by atoms with van der Waals surface area (Å²) in [5.41, 5.74) is 6.31. The number of alkyl halides is 3. The van der Waals surface area contributed by atoms with Crippen molar-refractivity contribution in [2.75, 3.05) is 7.05 Å². The molecule has 0 bridgehead atoms. The summed E-state index contributed by atoms with van der Waals surface area (Å²) in [7, 11) is 1.50. The average Bonchev–Trinajstić information content (AvgIpc) is 3.74. The third-order valence-electron chi connectivity index (χ3n) is 6.53. The Kier molecular flexibility index (Phi) is 14.8. The molecule has 2 atom stereocenters. The number of halogens is 3. The van der Waals surface area contributed by atoms with Gasteiger partial charge in [0.25, 0.3) is 0 Å². The quantitative estimate of drug-likeness (QED) is 0.375. The highest BCUT2D eigenvalue weighted by Crippen LogP contribution is 2.38. The number of rotatable bonds is 5. The Morgan fingerprint density at radius 3 is 2.19 bits per heavy atom. The van der Waals surface area contributed by atoms with Crippen molar-refractivity contribution in [3.05, 3.63) is 46.7 Å². The lowest BCUT2D eigenvalue weighted by molar-refractivity contribution is -0.138. The summed E-state index contributed by atoms with van der Waals surface area (Å²) in [6.45, 7) is 10.6. The van der Waals surface area contributed by atoms with Crippen LogP contribution in [-0.4, -0.2) is 18.9 Å². The van der Waals surface area contributed by atoms with Gasteiger partial charge in [0.1, 0.15) is 12.0 Å². The van der Waals surface area contributed by atoms with Gasteiger partial charge in [0.2, 0.25) is 0 Å². The Labute approximate surface area is 217 Å². The van der Waals surface area contributed by atoms with Gasteiger partial charge in [-0.05, 0) is 64.5 Å². The van der Waals surface area contributed by atoms with Crippen molar-refractivity contribution in [3.8, 4) is 0 Å². The van der Waals surface area contributed by atoms with Crippen molar-refractivity contribution in [1.29, 1.82) is 0 Å². The number of nitrogens with two attached hydrogens (primary N) is 1. The van der Waals surface area contributed by atoms with Gasteiger partial charge in [-0.15, -0.1) is 0 Å². The van der Waals surface area contributed by atoms with E-state index in [0.717, 1.165) is 49.7 Å². The highest BCUT2D eigenvalue weighted by Gasteiger charge is 2.37. The molecule has 1 aromatic rings. The Morgan fingerprint density at radius 1 is 1.03 bits per heavy atom. The lowest BCUT2D eigenvalue weighted by Gasteiger charge is -2.31. The molecule has 36 heavy (non-hydrogen) atoms. The van der Waals surface area contributed by atoms with Crippen LogP contribution in [0, 0.1) is 5.92 Å². The van der Waals surface area contributed by atoms with Crippen molar-refractivity contribution >= 4 is 5.84 Å². The zero-order valence-electron chi connectivity index (χ0n) is 23.3. The molecule has 0 radical (unpaired) electrons. The summed E-state index contributed by atoms with van der Waals surface area (Å²) in [5.74, 6) is 1.45. The van der Waals surface area contributed by atoms with E-state index in [1.54, 1.807) is 6.07 Å². The maximum Gasteiger partial charge on any atom is 0.416 e. The first-order valence-electron chi connectivity index (χ1n) is 13.9. The van der Waals surface area contributed by atoms with E-state index in [0.29, 0.717) is 12.0 Å². The molecule has 2 unspecified atom stereocenters. The molecule has 0 saturated heterocycles. The van der Waals surface area contributed by atoms with Crippen molar-refractivity contribution in [1.82, 2.24) is 10.6 Å². The molecule has 4 N–H and O–H groups in total. The van der Waals surface area contributed by atoms with E-state index in [4.69, 9.17) is 4.99 Å². The highest BCUT2D eigenvalue weighted by molar-refractivity contribution is 6.00. The minimum absolute atomic E-state index is 0.194. The van der Waals surface area contributed by atoms with Crippen LogP contribution in [0.2, 0.25) is 0 Å². The first-order chi connectivity index (χ1) is 17.3. The van der Waals surface area contributed by atoms with Gasteiger partial charge in [-0.25, -0.2) is 4.99 Å². The molecule has 0 aromatic heterocycles. The Morgan fingerprint density at radius 2 is 1.64 bits per heavy atom. The predicted octanol–water partition coefficient (Wildman–Crippen LogP) is 8.11. The number of nitrogens with one attached hydrogen (secondary N) is 2. The minimum atomic E-state index is -4.39. The van der Waals surface area contributed by atoms with Crippen LogP contribution in [0.25, 0.3) is 0 Å². The fourth-order valence-electron chi connectivity index (χ4n) is 4.46. The lowest BCUT2D eigenvalue weighted by Crippen LogP contribution is -2.40. The summed E-state index contributed by atoms with van der Waals surface area (Å²) in [5, 5.41) is 6.86. The lowest BCUT2D eigenvalue weighted by atomic mass is 9.99. The second-order valence-electron chi connectivity index (χ2n) is 9.25. The van der Waals surface area contributed by atoms with Crippen LogP contribution < -0.4 is 16.4 Å². The number of benzene rings is 1. The number of amidine groups is 1. The minimum Gasteiger partial charge on any atom is -0.367 e. The number of unbranched alkanes of at least 4 members (excludes halogenated alkanes) is 2. The largest absolute Gasteiger partial charge is 0.416 e. The van der Waals surface area contributed by atoms with E-state index < -0.39 is 17.9 Å². The van der Waals surface area contributed by atoms with Gasteiger partial charge in [-0.3, -0.25) is 0 Å². The van der Waals surface area contributed by atoms with Crippen molar-refractivity contribution in [2.45, 2.75) is 117 Å². The van der Waals surface area contributed by atoms with Crippen LogP contribution in [0.4, 0.5) is 13.2 Å². The van der Waals surface area contributed by atoms with Gasteiger partial charge in [-0.2, -0.15) is 13.2 Å². The molecule has 2 aliphatic carbocycles. The van der Waals surface area contributed by atoms with Crippen LogP contribution in [0.1, 0.15) is 116 Å². The van der Waals surface area contributed by atoms with Crippen molar-refractivity contribution in [2.24, 2.45) is 16.6 Å². The van der Waals surface area contributed by atoms with Crippen molar-refractivity contribution < 1.29 is 13.2 Å². The van der Waals surface area contributed by atoms with Crippen LogP contribution >= 0.6 is 0 Å². The molecule has 1 heterocycles. The second-order valence-corrected chi connectivity index (χ2v) is 9.25. The van der Waals surface area contributed by atoms with Crippen LogP contribution in [0.15, 0.2) is 40.5 Å². The molecule has 206 valence electrons. The zero-order chi connectivity index (χ0) is 27.1. The SMILES string of the molecule is CC.CC(NC1=NC(c2ccccc2C(F)(F)F)NC2=C1CCCCC2)C1CC1.CCCCC.CN. The summed E-state index contributed by atoms with van der Waals surface area (Å²) < 4.78 is 40.6. The van der Waals surface area contributed by atoms with E-state index in [9.17, 15) is 13.2 Å². The normalized spacial score (nSPS) is 19.8. The first-order valence-corrected chi connectivity index (χ1v) is 13.9. The third kappa shape index (κ3) is 9.79. The Hall–Kier alpha value is -2.02. The number of aliphatic imine (C=N–C) groups is 1. The maximum atomic E-state index is 13.5. The molecular weight excluding hydrogens is 461 g/mol. The molecule has 1 saturated carbocycles. The monoisotopic (exact) mass is 510 g/mol.